The van der Waals surface area contributed by atoms with Crippen molar-refractivity contribution >= 4 is 0 Å². The molecule has 0 spiro atoms. The maximum absolute atomic E-state index is 13.6. The van der Waals surface area contributed by atoms with Crippen LogP contribution in [0, 0.1) is 35.4 Å². The first kappa shape index (κ1) is 11.0. The first-order valence-corrected chi connectivity index (χ1v) is 5.77. The maximum atomic E-state index is 13.6. The van der Waals surface area contributed by atoms with Gasteiger partial charge in [0.05, 0.1) is 0 Å². The van der Waals surface area contributed by atoms with Crippen LogP contribution in [-0.2, 0) is 0 Å². The summed E-state index contributed by atoms with van der Waals surface area (Å²) in [6, 6.07) is 0. The predicted octanol–water partition coefficient (Wildman–Crippen LogP) is 3.54. The largest absolute Gasteiger partial charge is 0.252 e. The van der Waals surface area contributed by atoms with E-state index in [0.29, 0.717) is 12.3 Å². The van der Waals surface area contributed by atoms with E-state index < -0.39 is 29.1 Å². The van der Waals surface area contributed by atoms with Crippen LogP contribution < -0.4 is 0 Å². The Morgan fingerprint density at radius 1 is 0.882 bits per heavy atom. The van der Waals surface area contributed by atoms with Gasteiger partial charge in [0.2, 0.25) is 0 Å². The van der Waals surface area contributed by atoms with Gasteiger partial charge in [0.1, 0.15) is 0 Å². The van der Waals surface area contributed by atoms with E-state index in [1.807, 2.05) is 0 Å². The molecular weight excluding hydrogens is 234 g/mol. The van der Waals surface area contributed by atoms with Gasteiger partial charge in [-0.3, -0.25) is 0 Å². The van der Waals surface area contributed by atoms with E-state index in [-0.39, 0.29) is 11.8 Å². The van der Waals surface area contributed by atoms with E-state index >= 15 is 0 Å². The van der Waals surface area contributed by atoms with Crippen molar-refractivity contribution in [3.8, 4) is 0 Å². The summed E-state index contributed by atoms with van der Waals surface area (Å²) in [5.74, 6) is -5.50. The van der Waals surface area contributed by atoms with E-state index in [0.717, 1.165) is 19.3 Å². The lowest BCUT2D eigenvalue weighted by Gasteiger charge is -2.22. The average molecular weight is 245 g/mol. The molecule has 1 aromatic rings. The molecule has 0 aliphatic heterocycles. The van der Waals surface area contributed by atoms with Crippen molar-refractivity contribution in [3.05, 3.63) is 29.1 Å². The molecule has 3 atom stereocenters. The summed E-state index contributed by atoms with van der Waals surface area (Å²) < 4.78 is 53.2. The molecule has 17 heavy (non-hydrogen) atoms. The highest BCUT2D eigenvalue weighted by Gasteiger charge is 2.43. The Hall–Kier alpha value is -1.13. The van der Waals surface area contributed by atoms with Crippen LogP contribution in [0.3, 0.4) is 0 Å². The summed E-state index contributed by atoms with van der Waals surface area (Å²) in [5.41, 5.74) is -0.429. The van der Waals surface area contributed by atoms with Crippen LogP contribution >= 0.6 is 0 Å². The molecule has 0 N–H and O–H groups in total. The van der Waals surface area contributed by atoms with E-state index in [9.17, 15) is 17.6 Å². The first-order chi connectivity index (χ1) is 8.08. The molecule has 5 heteroatoms. The molecule has 0 amide bonds. The molecule has 1 nitrogen and oxygen atoms in total. The topological polar surface area (TPSA) is 12.9 Å². The third-order valence-corrected chi connectivity index (χ3v) is 4.14. The molecule has 1 heterocycles. The highest BCUT2D eigenvalue weighted by atomic mass is 19.2. The summed E-state index contributed by atoms with van der Waals surface area (Å²) in [5, 5.41) is 0. The Morgan fingerprint density at radius 2 is 1.53 bits per heavy atom. The van der Waals surface area contributed by atoms with Gasteiger partial charge in [-0.2, -0.15) is 13.8 Å². The van der Waals surface area contributed by atoms with E-state index in [1.54, 1.807) is 0 Å². The number of aromatic nitrogens is 1. The zero-order valence-corrected chi connectivity index (χ0v) is 9.02. The van der Waals surface area contributed by atoms with E-state index in [4.69, 9.17) is 0 Å². The smallest absolute Gasteiger partial charge is 0.202 e. The van der Waals surface area contributed by atoms with Crippen molar-refractivity contribution in [1.82, 2.24) is 4.98 Å². The second-order valence-electron chi connectivity index (χ2n) is 5.02. The number of halogens is 4. The molecule has 0 aromatic carbocycles. The normalized spacial score (nSPS) is 31.2. The molecule has 2 aliphatic carbocycles. The zero-order valence-electron chi connectivity index (χ0n) is 9.02. The molecule has 2 bridgehead atoms. The van der Waals surface area contributed by atoms with Crippen molar-refractivity contribution in [2.24, 2.45) is 11.8 Å². The van der Waals surface area contributed by atoms with Crippen LogP contribution in [0.15, 0.2) is 0 Å². The van der Waals surface area contributed by atoms with Crippen LogP contribution in [0.2, 0.25) is 0 Å². The summed E-state index contributed by atoms with van der Waals surface area (Å²) in [4.78, 5) is 2.58. The Kier molecular flexibility index (Phi) is 2.38. The quantitative estimate of drug-likeness (QED) is 0.544. The van der Waals surface area contributed by atoms with Crippen LogP contribution in [-0.4, -0.2) is 4.98 Å². The van der Waals surface area contributed by atoms with Gasteiger partial charge in [-0.15, -0.1) is 0 Å². The highest BCUT2D eigenvalue weighted by Crippen LogP contribution is 2.53. The van der Waals surface area contributed by atoms with Crippen molar-refractivity contribution in [2.75, 3.05) is 0 Å². The van der Waals surface area contributed by atoms with Gasteiger partial charge in [0.25, 0.3) is 11.9 Å². The number of fused-ring (bicyclic) bond motifs is 2. The Balaban J connectivity index is 2.08. The molecule has 3 unspecified atom stereocenters. The Morgan fingerprint density at radius 3 is 2.00 bits per heavy atom. The lowest BCUT2D eigenvalue weighted by Crippen LogP contribution is -2.16. The minimum Gasteiger partial charge on any atom is -0.202 e. The predicted molar refractivity (Wildman–Crippen MR) is 52.3 cm³/mol. The molecule has 2 aliphatic rings. The summed E-state index contributed by atoms with van der Waals surface area (Å²) in [6.07, 6.45) is 3.48. The van der Waals surface area contributed by atoms with Gasteiger partial charge < -0.3 is 0 Å². The van der Waals surface area contributed by atoms with Crippen LogP contribution in [0.25, 0.3) is 0 Å². The van der Waals surface area contributed by atoms with Gasteiger partial charge in [-0.1, -0.05) is 6.42 Å². The van der Waals surface area contributed by atoms with Crippen molar-refractivity contribution < 1.29 is 17.6 Å². The monoisotopic (exact) mass is 245 g/mol. The molecule has 92 valence electrons. The van der Waals surface area contributed by atoms with E-state index in [1.165, 1.54) is 0 Å². The van der Waals surface area contributed by atoms with Crippen molar-refractivity contribution in [3.63, 3.8) is 0 Å². The SMILES string of the molecule is Fc1nc(F)c(F)c(C2CC3CCC2C3)c1F. The lowest BCUT2D eigenvalue weighted by molar-refractivity contribution is 0.350. The van der Waals surface area contributed by atoms with Gasteiger partial charge >= 0.3 is 0 Å². The third-order valence-electron chi connectivity index (χ3n) is 4.14. The minimum absolute atomic E-state index is 0.158. The molecule has 1 aromatic heterocycles. The number of hydrogen-bond acceptors (Lipinski definition) is 1. The molecular formula is C12H11F4N. The van der Waals surface area contributed by atoms with Crippen molar-refractivity contribution in [2.45, 2.75) is 31.6 Å². The second-order valence-corrected chi connectivity index (χ2v) is 5.02. The number of rotatable bonds is 1. The number of nitrogens with zero attached hydrogens (tertiary/aromatic N) is 1. The van der Waals surface area contributed by atoms with Crippen molar-refractivity contribution in [1.29, 1.82) is 0 Å². The van der Waals surface area contributed by atoms with Gasteiger partial charge in [0.15, 0.2) is 11.6 Å². The average Bonchev–Trinajstić information content (AvgIpc) is 2.89. The fourth-order valence-corrected chi connectivity index (χ4v) is 3.43. The fraction of sp³-hybridized carbons (Fsp3) is 0.583. The summed E-state index contributed by atoms with van der Waals surface area (Å²) in [6.45, 7) is 0. The highest BCUT2D eigenvalue weighted by molar-refractivity contribution is 5.25. The van der Waals surface area contributed by atoms with E-state index in [2.05, 4.69) is 4.98 Å². The Bertz CT molecular complexity index is 448. The second kappa shape index (κ2) is 3.68. The van der Waals surface area contributed by atoms with Crippen LogP contribution in [0.4, 0.5) is 17.6 Å². The molecule has 0 radical (unpaired) electrons. The summed E-state index contributed by atoms with van der Waals surface area (Å²) >= 11 is 0. The third kappa shape index (κ3) is 1.55. The van der Waals surface area contributed by atoms with Gasteiger partial charge in [-0.05, 0) is 37.0 Å². The zero-order chi connectivity index (χ0) is 12.2. The molecule has 2 saturated carbocycles. The summed E-state index contributed by atoms with van der Waals surface area (Å²) in [7, 11) is 0. The lowest BCUT2D eigenvalue weighted by atomic mass is 9.83. The maximum Gasteiger partial charge on any atom is 0.252 e. The van der Waals surface area contributed by atoms with Gasteiger partial charge in [-0.25, -0.2) is 8.78 Å². The Labute approximate surface area is 95.9 Å². The number of pyridine rings is 1. The van der Waals surface area contributed by atoms with Crippen LogP contribution in [0.1, 0.15) is 37.2 Å². The molecule has 2 fully saturated rings. The minimum atomic E-state index is -1.54. The van der Waals surface area contributed by atoms with Crippen LogP contribution in [0.5, 0.6) is 0 Å². The first-order valence-electron chi connectivity index (χ1n) is 5.77. The molecule has 0 saturated heterocycles. The number of hydrogen-bond donors (Lipinski definition) is 0. The standard InChI is InChI=1S/C12H11F4N/c13-9-8(10(14)12(16)17-11(9)15)7-4-5-1-2-6(7)3-5/h5-7H,1-4H2. The molecule has 3 rings (SSSR count). The van der Waals surface area contributed by atoms with Gasteiger partial charge in [0, 0.05) is 5.56 Å². The fourth-order valence-electron chi connectivity index (χ4n) is 3.43.